The SMILES string of the molecule is [2HH].[C-]#[N+]c1c(C(=O)OC(C)(C(C)C)C(C)C)c2nc(C)[nH]n2c1OC(C)=O. The number of carbonyl (C=O) groups is 2. The zero-order valence-electron chi connectivity index (χ0n) is 16.1. The lowest BCUT2D eigenvalue weighted by Crippen LogP contribution is -2.42. The van der Waals surface area contributed by atoms with Gasteiger partial charge in [0.05, 0.1) is 6.57 Å². The third-order valence-corrected chi connectivity index (χ3v) is 4.79. The normalized spacial score (nSPS) is 11.8. The van der Waals surface area contributed by atoms with Crippen molar-refractivity contribution in [1.82, 2.24) is 14.6 Å². The lowest BCUT2D eigenvalue weighted by molar-refractivity contribution is -0.132. The summed E-state index contributed by atoms with van der Waals surface area (Å²) in [6.07, 6.45) is 0. The molecule has 2 aromatic heterocycles. The number of rotatable bonds is 5. The van der Waals surface area contributed by atoms with Gasteiger partial charge in [0.1, 0.15) is 17.0 Å². The molecule has 0 aromatic carbocycles. The Morgan fingerprint density at radius 3 is 2.35 bits per heavy atom. The van der Waals surface area contributed by atoms with E-state index in [2.05, 4.69) is 14.9 Å². The first-order valence-corrected chi connectivity index (χ1v) is 8.43. The van der Waals surface area contributed by atoms with Crippen LogP contribution in [0.3, 0.4) is 0 Å². The molecule has 0 radical (unpaired) electrons. The van der Waals surface area contributed by atoms with Crippen LogP contribution in [0, 0.1) is 25.3 Å². The Morgan fingerprint density at radius 2 is 1.88 bits per heavy atom. The number of aromatic amines is 1. The van der Waals surface area contributed by atoms with Crippen molar-refractivity contribution in [3.8, 4) is 5.88 Å². The van der Waals surface area contributed by atoms with E-state index in [4.69, 9.17) is 16.0 Å². The van der Waals surface area contributed by atoms with Gasteiger partial charge in [-0.1, -0.05) is 27.7 Å². The zero-order valence-corrected chi connectivity index (χ0v) is 16.1. The first-order valence-electron chi connectivity index (χ1n) is 8.43. The molecule has 0 bridgehead atoms. The fourth-order valence-electron chi connectivity index (χ4n) is 2.76. The predicted octanol–water partition coefficient (Wildman–Crippen LogP) is 3.92. The topological polar surface area (TPSA) is 90.1 Å². The number of nitrogens with one attached hydrogen (secondary N) is 1. The van der Waals surface area contributed by atoms with Crippen LogP contribution in [0.25, 0.3) is 10.5 Å². The standard InChI is InChI=1S/C18H24N4O4.H2/c1-9(2)18(7,10(3)4)26-17(24)13-14(19-8)16(25-12(6)23)22-15(13)20-11(5)21-22;/h9-10H,1-7H3,(H,20,21);1H/i;1+1. The highest BCUT2D eigenvalue weighted by molar-refractivity contribution is 6.05. The summed E-state index contributed by atoms with van der Waals surface area (Å²) in [7, 11) is 0. The average Bonchev–Trinajstić information content (AvgIpc) is 3.01. The number of fused-ring (bicyclic) bond motifs is 1. The first-order chi connectivity index (χ1) is 12.0. The van der Waals surface area contributed by atoms with Crippen molar-refractivity contribution in [3.63, 3.8) is 0 Å². The van der Waals surface area contributed by atoms with Crippen LogP contribution >= 0.6 is 0 Å². The molecule has 0 fully saturated rings. The van der Waals surface area contributed by atoms with Gasteiger partial charge in [-0.15, -0.1) is 0 Å². The van der Waals surface area contributed by atoms with Gasteiger partial charge in [-0.2, -0.15) is 0 Å². The molecule has 2 heterocycles. The van der Waals surface area contributed by atoms with Crippen LogP contribution in [0.4, 0.5) is 5.69 Å². The third kappa shape index (κ3) is 3.17. The second-order valence-electron chi connectivity index (χ2n) is 7.09. The van der Waals surface area contributed by atoms with E-state index in [9.17, 15) is 9.59 Å². The number of aromatic nitrogens is 3. The van der Waals surface area contributed by atoms with E-state index >= 15 is 0 Å². The average molecular weight is 363 g/mol. The molecule has 26 heavy (non-hydrogen) atoms. The van der Waals surface area contributed by atoms with Crippen molar-refractivity contribution in [1.29, 1.82) is 0 Å². The molecule has 0 saturated carbocycles. The maximum Gasteiger partial charge on any atom is 0.332 e. The predicted molar refractivity (Wildman–Crippen MR) is 97.5 cm³/mol. The molecule has 0 saturated heterocycles. The van der Waals surface area contributed by atoms with E-state index < -0.39 is 17.5 Å². The van der Waals surface area contributed by atoms with Crippen LogP contribution in [-0.2, 0) is 9.53 Å². The second kappa shape index (κ2) is 6.83. The molecule has 0 aliphatic rings. The highest BCUT2D eigenvalue weighted by atomic mass is 16.6. The van der Waals surface area contributed by atoms with Gasteiger partial charge in [0.15, 0.2) is 5.65 Å². The third-order valence-electron chi connectivity index (χ3n) is 4.79. The highest BCUT2D eigenvalue weighted by Crippen LogP contribution is 2.39. The number of hydrogen-bond acceptors (Lipinski definition) is 5. The molecule has 8 nitrogen and oxygen atoms in total. The van der Waals surface area contributed by atoms with Crippen LogP contribution in [0.1, 0.15) is 59.2 Å². The van der Waals surface area contributed by atoms with Crippen molar-refractivity contribution in [2.75, 3.05) is 0 Å². The van der Waals surface area contributed by atoms with Gasteiger partial charge in [-0.3, -0.25) is 9.89 Å². The molecule has 0 atom stereocenters. The summed E-state index contributed by atoms with van der Waals surface area (Å²) in [5.74, 6) is -0.691. The van der Waals surface area contributed by atoms with E-state index in [1.807, 2.05) is 34.6 Å². The molecule has 8 heteroatoms. The summed E-state index contributed by atoms with van der Waals surface area (Å²) >= 11 is 0. The summed E-state index contributed by atoms with van der Waals surface area (Å²) in [6.45, 7) is 20.1. The molecule has 0 spiro atoms. The maximum atomic E-state index is 13.0. The quantitative estimate of drug-likeness (QED) is 0.642. The fourth-order valence-corrected chi connectivity index (χ4v) is 2.76. The van der Waals surface area contributed by atoms with Crippen molar-refractivity contribution in [3.05, 3.63) is 22.8 Å². The molecule has 0 aliphatic carbocycles. The van der Waals surface area contributed by atoms with Crippen molar-refractivity contribution in [2.24, 2.45) is 11.8 Å². The molecule has 0 aliphatic heterocycles. The Bertz CT molecular complexity index is 897. The molecular weight excluding hydrogens is 336 g/mol. The van der Waals surface area contributed by atoms with E-state index in [1.165, 1.54) is 11.4 Å². The number of nitrogens with zero attached hydrogens (tertiary/aromatic N) is 3. The van der Waals surface area contributed by atoms with E-state index in [-0.39, 0.29) is 36.0 Å². The number of H-pyrrole nitrogens is 1. The Balaban J connectivity index is 0.00000364. The van der Waals surface area contributed by atoms with Crippen molar-refractivity contribution in [2.45, 2.75) is 54.1 Å². The van der Waals surface area contributed by atoms with Gasteiger partial charge < -0.3 is 9.47 Å². The Hall–Kier alpha value is -2.82. The smallest absolute Gasteiger partial charge is 0.332 e. The molecule has 0 unspecified atom stereocenters. The summed E-state index contributed by atoms with van der Waals surface area (Å²) < 4.78 is 12.3. The number of hydrogen-bond donors (Lipinski definition) is 1. The van der Waals surface area contributed by atoms with E-state index in [0.717, 1.165) is 0 Å². The van der Waals surface area contributed by atoms with Gasteiger partial charge >= 0.3 is 11.9 Å². The molecule has 2 aromatic rings. The van der Waals surface area contributed by atoms with Gasteiger partial charge in [-0.25, -0.2) is 19.1 Å². The number of esters is 2. The molecule has 1 N–H and O–H groups in total. The summed E-state index contributed by atoms with van der Waals surface area (Å²) in [4.78, 5) is 32.1. The minimum Gasteiger partial charge on any atom is -0.456 e. The molecule has 142 valence electrons. The summed E-state index contributed by atoms with van der Waals surface area (Å²) in [5, 5.41) is 2.87. The van der Waals surface area contributed by atoms with Gasteiger partial charge in [-0.05, 0) is 25.7 Å². The zero-order chi connectivity index (χ0) is 19.8. The molecule has 2 rings (SSSR count). The lowest BCUT2D eigenvalue weighted by Gasteiger charge is -2.37. The Kier molecular flexibility index (Phi) is 5.12. The Morgan fingerprint density at radius 1 is 1.31 bits per heavy atom. The minimum absolute atomic E-state index is 0. The second-order valence-corrected chi connectivity index (χ2v) is 7.09. The van der Waals surface area contributed by atoms with Crippen LogP contribution in [0.15, 0.2) is 0 Å². The number of carbonyl (C=O) groups excluding carboxylic acids is 2. The number of ether oxygens (including phenoxy) is 2. The highest BCUT2D eigenvalue weighted by Gasteiger charge is 2.39. The van der Waals surface area contributed by atoms with Crippen LogP contribution in [-0.4, -0.2) is 32.1 Å². The lowest BCUT2D eigenvalue weighted by atomic mass is 9.82. The van der Waals surface area contributed by atoms with Gasteiger partial charge in [0, 0.05) is 8.35 Å². The number of aryl methyl sites for hydroxylation is 1. The summed E-state index contributed by atoms with van der Waals surface area (Å²) in [5.41, 5.74) is -0.631. The van der Waals surface area contributed by atoms with Gasteiger partial charge in [0.2, 0.25) is 5.88 Å². The fraction of sp³-hybridized carbons (Fsp3) is 0.556. The summed E-state index contributed by atoms with van der Waals surface area (Å²) in [6, 6.07) is 0. The Labute approximate surface area is 153 Å². The van der Waals surface area contributed by atoms with E-state index in [1.54, 1.807) is 6.92 Å². The van der Waals surface area contributed by atoms with Crippen LogP contribution in [0.2, 0.25) is 0 Å². The monoisotopic (exact) mass is 363 g/mol. The molecular formula is C18H26N4O4. The minimum atomic E-state index is -0.725. The molecule has 0 amide bonds. The van der Waals surface area contributed by atoms with Crippen molar-refractivity contribution < 1.29 is 20.5 Å². The van der Waals surface area contributed by atoms with Crippen LogP contribution in [0.5, 0.6) is 5.88 Å². The van der Waals surface area contributed by atoms with E-state index in [0.29, 0.717) is 5.82 Å². The first kappa shape index (κ1) is 19.5. The largest absolute Gasteiger partial charge is 0.456 e. The van der Waals surface area contributed by atoms with Gasteiger partial charge in [0.25, 0.3) is 5.69 Å². The van der Waals surface area contributed by atoms with Crippen molar-refractivity contribution >= 4 is 23.3 Å². The van der Waals surface area contributed by atoms with Crippen LogP contribution < -0.4 is 4.74 Å². The maximum absolute atomic E-state index is 13.0.